The molecule has 0 heterocycles. The first kappa shape index (κ1) is 17.5. The first-order valence-electron chi connectivity index (χ1n) is 8.60. The van der Waals surface area contributed by atoms with Gasteiger partial charge in [0.25, 0.3) is 0 Å². The molecule has 0 aromatic rings. The summed E-state index contributed by atoms with van der Waals surface area (Å²) >= 11 is 0. The SMILES string of the molecule is CCC[C@@H](C(=O)OC1CCCC1)C(C)CC(C)(C)CC. The van der Waals surface area contributed by atoms with Crippen LogP contribution in [0.3, 0.4) is 0 Å². The lowest BCUT2D eigenvalue weighted by atomic mass is 9.75. The Hall–Kier alpha value is -0.530. The molecule has 2 nitrogen and oxygen atoms in total. The van der Waals surface area contributed by atoms with Gasteiger partial charge in [0.15, 0.2) is 0 Å². The molecule has 1 saturated carbocycles. The third-order valence-electron chi connectivity index (χ3n) is 5.01. The van der Waals surface area contributed by atoms with Crippen LogP contribution in [-0.4, -0.2) is 12.1 Å². The number of ether oxygens (including phenoxy) is 1. The largest absolute Gasteiger partial charge is 0.462 e. The maximum atomic E-state index is 12.5. The predicted molar refractivity (Wildman–Crippen MR) is 84.6 cm³/mol. The molecule has 0 saturated heterocycles. The Balaban J connectivity index is 2.58. The molecular formula is C18H34O2. The van der Waals surface area contributed by atoms with Crippen molar-refractivity contribution in [3.05, 3.63) is 0 Å². The molecule has 118 valence electrons. The Morgan fingerprint density at radius 2 is 1.85 bits per heavy atom. The minimum atomic E-state index is 0.0677. The van der Waals surface area contributed by atoms with E-state index in [1.165, 1.54) is 12.8 Å². The maximum absolute atomic E-state index is 12.5. The second kappa shape index (κ2) is 8.05. The van der Waals surface area contributed by atoms with Crippen LogP contribution < -0.4 is 0 Å². The highest BCUT2D eigenvalue weighted by Gasteiger charge is 2.31. The van der Waals surface area contributed by atoms with Crippen molar-refractivity contribution < 1.29 is 9.53 Å². The monoisotopic (exact) mass is 282 g/mol. The molecule has 1 unspecified atom stereocenters. The predicted octanol–water partition coefficient (Wildman–Crippen LogP) is 5.35. The van der Waals surface area contributed by atoms with Crippen molar-refractivity contribution >= 4 is 5.97 Å². The maximum Gasteiger partial charge on any atom is 0.309 e. The van der Waals surface area contributed by atoms with Gasteiger partial charge >= 0.3 is 5.97 Å². The summed E-state index contributed by atoms with van der Waals surface area (Å²) < 4.78 is 5.76. The van der Waals surface area contributed by atoms with E-state index in [1.54, 1.807) is 0 Å². The van der Waals surface area contributed by atoms with E-state index in [2.05, 4.69) is 34.6 Å². The van der Waals surface area contributed by atoms with E-state index >= 15 is 0 Å². The molecule has 20 heavy (non-hydrogen) atoms. The van der Waals surface area contributed by atoms with Gasteiger partial charge in [-0.15, -0.1) is 0 Å². The highest BCUT2D eigenvalue weighted by molar-refractivity contribution is 5.73. The van der Waals surface area contributed by atoms with E-state index in [1.807, 2.05) is 0 Å². The average molecular weight is 282 g/mol. The van der Waals surface area contributed by atoms with E-state index in [0.29, 0.717) is 11.3 Å². The second-order valence-corrected chi connectivity index (χ2v) is 7.44. The Kier molecular flexibility index (Phi) is 7.05. The summed E-state index contributed by atoms with van der Waals surface area (Å²) in [5, 5.41) is 0. The van der Waals surface area contributed by atoms with E-state index in [-0.39, 0.29) is 18.0 Å². The molecule has 1 aliphatic carbocycles. The topological polar surface area (TPSA) is 26.3 Å². The van der Waals surface area contributed by atoms with Gasteiger partial charge in [-0.1, -0.05) is 47.5 Å². The molecule has 0 aromatic carbocycles. The van der Waals surface area contributed by atoms with Crippen molar-refractivity contribution in [2.45, 2.75) is 92.1 Å². The van der Waals surface area contributed by atoms with Crippen LogP contribution in [0.4, 0.5) is 0 Å². The quantitative estimate of drug-likeness (QED) is 0.561. The summed E-state index contributed by atoms with van der Waals surface area (Å²) in [6.07, 6.45) is 9.06. The van der Waals surface area contributed by atoms with Crippen LogP contribution >= 0.6 is 0 Å². The lowest BCUT2D eigenvalue weighted by Crippen LogP contribution is -2.30. The minimum absolute atomic E-state index is 0.0677. The van der Waals surface area contributed by atoms with Gasteiger partial charge in [-0.2, -0.15) is 0 Å². The van der Waals surface area contributed by atoms with Crippen LogP contribution in [0.25, 0.3) is 0 Å². The second-order valence-electron chi connectivity index (χ2n) is 7.44. The van der Waals surface area contributed by atoms with E-state index in [0.717, 1.165) is 38.5 Å². The molecule has 2 atom stereocenters. The fourth-order valence-electron chi connectivity index (χ4n) is 3.36. The Morgan fingerprint density at radius 3 is 2.35 bits per heavy atom. The standard InChI is InChI=1S/C18H34O2/c1-6-10-16(14(3)13-18(4,5)7-2)17(19)20-15-11-8-9-12-15/h14-16H,6-13H2,1-5H3/t14?,16-/m1/s1. The normalized spacial score (nSPS) is 19.9. The number of hydrogen-bond acceptors (Lipinski definition) is 2. The number of esters is 1. The van der Waals surface area contributed by atoms with Crippen LogP contribution in [0.2, 0.25) is 0 Å². The highest BCUT2D eigenvalue weighted by Crippen LogP contribution is 2.35. The van der Waals surface area contributed by atoms with Crippen molar-refractivity contribution in [3.8, 4) is 0 Å². The van der Waals surface area contributed by atoms with Gasteiger partial charge in [0.2, 0.25) is 0 Å². The Labute approximate surface area is 125 Å². The van der Waals surface area contributed by atoms with Gasteiger partial charge in [0.1, 0.15) is 6.10 Å². The van der Waals surface area contributed by atoms with Crippen LogP contribution in [0.5, 0.6) is 0 Å². The summed E-state index contributed by atoms with van der Waals surface area (Å²) in [5.41, 5.74) is 0.318. The first-order valence-corrected chi connectivity index (χ1v) is 8.60. The number of hydrogen-bond donors (Lipinski definition) is 0. The molecule has 0 aliphatic heterocycles. The molecule has 0 radical (unpaired) electrons. The number of carbonyl (C=O) groups excluding carboxylic acids is 1. The van der Waals surface area contributed by atoms with E-state index in [9.17, 15) is 4.79 Å². The van der Waals surface area contributed by atoms with Crippen molar-refractivity contribution in [1.82, 2.24) is 0 Å². The summed E-state index contributed by atoms with van der Waals surface area (Å²) in [6.45, 7) is 11.2. The fourth-order valence-corrected chi connectivity index (χ4v) is 3.36. The number of carbonyl (C=O) groups is 1. The van der Waals surface area contributed by atoms with Gasteiger partial charge < -0.3 is 4.74 Å². The molecule has 0 spiro atoms. The summed E-state index contributed by atoms with van der Waals surface area (Å²) in [6, 6.07) is 0. The van der Waals surface area contributed by atoms with Crippen molar-refractivity contribution in [2.24, 2.45) is 17.3 Å². The molecule has 1 fully saturated rings. The smallest absolute Gasteiger partial charge is 0.309 e. The molecule has 0 N–H and O–H groups in total. The van der Waals surface area contributed by atoms with E-state index in [4.69, 9.17) is 4.74 Å². The number of rotatable bonds is 8. The van der Waals surface area contributed by atoms with E-state index < -0.39 is 0 Å². The molecule has 2 heteroatoms. The Bertz CT molecular complexity index is 290. The van der Waals surface area contributed by atoms with Gasteiger partial charge in [-0.25, -0.2) is 0 Å². The average Bonchev–Trinajstić information content (AvgIpc) is 2.87. The van der Waals surface area contributed by atoms with Crippen molar-refractivity contribution in [1.29, 1.82) is 0 Å². The third kappa shape index (κ3) is 5.46. The zero-order valence-electron chi connectivity index (χ0n) is 14.2. The van der Waals surface area contributed by atoms with Gasteiger partial charge in [-0.3, -0.25) is 4.79 Å². The molecular weight excluding hydrogens is 248 g/mol. The molecule has 0 bridgehead atoms. The van der Waals surface area contributed by atoms with Gasteiger partial charge in [-0.05, 0) is 49.9 Å². The van der Waals surface area contributed by atoms with Crippen molar-refractivity contribution in [3.63, 3.8) is 0 Å². The molecule has 0 amide bonds. The lowest BCUT2D eigenvalue weighted by molar-refractivity contribution is -0.156. The minimum Gasteiger partial charge on any atom is -0.462 e. The summed E-state index contributed by atoms with van der Waals surface area (Å²) in [7, 11) is 0. The molecule has 0 aromatic heterocycles. The van der Waals surface area contributed by atoms with Crippen LogP contribution in [0.15, 0.2) is 0 Å². The Morgan fingerprint density at radius 1 is 1.25 bits per heavy atom. The third-order valence-corrected chi connectivity index (χ3v) is 5.01. The highest BCUT2D eigenvalue weighted by atomic mass is 16.5. The molecule has 1 rings (SSSR count). The zero-order chi connectivity index (χ0) is 15.2. The fraction of sp³-hybridized carbons (Fsp3) is 0.944. The van der Waals surface area contributed by atoms with Crippen molar-refractivity contribution in [2.75, 3.05) is 0 Å². The molecule has 1 aliphatic rings. The van der Waals surface area contributed by atoms with Crippen LogP contribution in [0, 0.1) is 17.3 Å². The summed E-state index contributed by atoms with van der Waals surface area (Å²) in [5.74, 6) is 0.573. The van der Waals surface area contributed by atoms with Crippen LogP contribution in [0.1, 0.15) is 86.0 Å². The first-order chi connectivity index (χ1) is 9.39. The zero-order valence-corrected chi connectivity index (χ0v) is 14.2. The van der Waals surface area contributed by atoms with Crippen LogP contribution in [-0.2, 0) is 9.53 Å². The van der Waals surface area contributed by atoms with Gasteiger partial charge in [0.05, 0.1) is 5.92 Å². The lowest BCUT2D eigenvalue weighted by Gasteiger charge is -2.31. The summed E-state index contributed by atoms with van der Waals surface area (Å²) in [4.78, 5) is 12.5. The van der Waals surface area contributed by atoms with Gasteiger partial charge in [0, 0.05) is 0 Å².